The molecule has 114 valence electrons. The normalized spacial score (nSPS) is 21.9. The van der Waals surface area contributed by atoms with E-state index in [1.54, 1.807) is 0 Å². The summed E-state index contributed by atoms with van der Waals surface area (Å²) in [5.74, 6) is 0. The van der Waals surface area contributed by atoms with Crippen LogP contribution in [0.25, 0.3) is 10.8 Å². The molecule has 1 aliphatic carbocycles. The SMILES string of the molecule is CC(C)(Cc1ccc2ccccc2c1)C1(N)C=CC(N)=CC1. The molecule has 1 aliphatic rings. The lowest BCUT2D eigenvalue weighted by Crippen LogP contribution is -2.52. The van der Waals surface area contributed by atoms with Crippen molar-refractivity contribution >= 4 is 10.8 Å². The number of benzene rings is 2. The van der Waals surface area contributed by atoms with Gasteiger partial charge < -0.3 is 11.5 Å². The zero-order chi connectivity index (χ0) is 15.8. The number of rotatable bonds is 3. The molecule has 1 unspecified atom stereocenters. The Hall–Kier alpha value is -2.06. The first-order valence-corrected chi connectivity index (χ1v) is 7.81. The van der Waals surface area contributed by atoms with Crippen LogP contribution in [0.1, 0.15) is 25.8 Å². The molecule has 2 heteroatoms. The molecule has 0 saturated carbocycles. The fraction of sp³-hybridized carbons (Fsp3) is 0.300. The second-order valence-corrected chi connectivity index (χ2v) is 7.02. The van der Waals surface area contributed by atoms with Gasteiger partial charge in [0.2, 0.25) is 0 Å². The Kier molecular flexibility index (Phi) is 3.57. The van der Waals surface area contributed by atoms with Crippen LogP contribution in [0.15, 0.2) is 66.4 Å². The van der Waals surface area contributed by atoms with Gasteiger partial charge in [-0.15, -0.1) is 0 Å². The topological polar surface area (TPSA) is 52.0 Å². The molecule has 0 amide bonds. The van der Waals surface area contributed by atoms with Crippen LogP contribution in [0.5, 0.6) is 0 Å². The largest absolute Gasteiger partial charge is 0.399 e. The summed E-state index contributed by atoms with van der Waals surface area (Å²) >= 11 is 0. The highest BCUT2D eigenvalue weighted by molar-refractivity contribution is 5.83. The van der Waals surface area contributed by atoms with Crippen molar-refractivity contribution in [2.75, 3.05) is 0 Å². The van der Waals surface area contributed by atoms with Crippen molar-refractivity contribution in [3.63, 3.8) is 0 Å². The van der Waals surface area contributed by atoms with Crippen LogP contribution >= 0.6 is 0 Å². The number of fused-ring (bicyclic) bond motifs is 1. The maximum atomic E-state index is 6.67. The minimum absolute atomic E-state index is 0.0524. The van der Waals surface area contributed by atoms with Crippen LogP contribution in [0.2, 0.25) is 0 Å². The third-order valence-corrected chi connectivity index (χ3v) is 4.97. The fourth-order valence-corrected chi connectivity index (χ4v) is 3.19. The number of hydrogen-bond acceptors (Lipinski definition) is 2. The molecular weight excluding hydrogens is 268 g/mol. The van der Waals surface area contributed by atoms with Gasteiger partial charge >= 0.3 is 0 Å². The predicted octanol–water partition coefficient (Wildman–Crippen LogP) is 3.91. The van der Waals surface area contributed by atoms with Crippen LogP contribution in [-0.4, -0.2) is 5.54 Å². The summed E-state index contributed by atoms with van der Waals surface area (Å²) in [4.78, 5) is 0. The molecule has 2 aromatic carbocycles. The van der Waals surface area contributed by atoms with Gasteiger partial charge in [-0.05, 0) is 40.7 Å². The highest BCUT2D eigenvalue weighted by atomic mass is 14.8. The maximum absolute atomic E-state index is 6.67. The summed E-state index contributed by atoms with van der Waals surface area (Å²) in [6.45, 7) is 4.48. The maximum Gasteiger partial charge on any atom is 0.0433 e. The standard InChI is InChI=1S/C20H24N2/c1-19(2,20(22)11-9-18(21)10-12-20)14-15-7-8-16-5-3-4-6-17(16)13-15/h3-11,13H,12,14,21-22H2,1-2H3. The fourth-order valence-electron chi connectivity index (χ4n) is 3.19. The monoisotopic (exact) mass is 292 g/mol. The Morgan fingerprint density at radius 2 is 1.82 bits per heavy atom. The number of allylic oxidation sites excluding steroid dienone is 1. The van der Waals surface area contributed by atoms with Crippen LogP contribution in [0.4, 0.5) is 0 Å². The molecule has 0 bridgehead atoms. The van der Waals surface area contributed by atoms with Gasteiger partial charge in [-0.3, -0.25) is 0 Å². The molecule has 2 nitrogen and oxygen atoms in total. The molecule has 0 saturated heterocycles. The third kappa shape index (κ3) is 2.67. The van der Waals surface area contributed by atoms with Gasteiger partial charge in [0.05, 0.1) is 0 Å². The molecule has 0 aliphatic heterocycles. The van der Waals surface area contributed by atoms with E-state index in [0.717, 1.165) is 18.5 Å². The van der Waals surface area contributed by atoms with E-state index in [4.69, 9.17) is 11.5 Å². The highest BCUT2D eigenvalue weighted by Gasteiger charge is 2.39. The van der Waals surface area contributed by atoms with E-state index >= 15 is 0 Å². The van der Waals surface area contributed by atoms with Crippen molar-refractivity contribution in [2.45, 2.75) is 32.2 Å². The van der Waals surface area contributed by atoms with Gasteiger partial charge in [-0.1, -0.05) is 68.5 Å². The van der Waals surface area contributed by atoms with E-state index in [0.29, 0.717) is 0 Å². The van der Waals surface area contributed by atoms with Crippen molar-refractivity contribution in [1.29, 1.82) is 0 Å². The Balaban J connectivity index is 1.88. The Morgan fingerprint density at radius 1 is 1.09 bits per heavy atom. The molecule has 3 rings (SSSR count). The first-order valence-electron chi connectivity index (χ1n) is 7.81. The van der Waals surface area contributed by atoms with Crippen LogP contribution in [0, 0.1) is 5.41 Å². The molecule has 22 heavy (non-hydrogen) atoms. The van der Waals surface area contributed by atoms with Gasteiger partial charge in [-0.2, -0.15) is 0 Å². The van der Waals surface area contributed by atoms with Gasteiger partial charge in [0.1, 0.15) is 0 Å². The van der Waals surface area contributed by atoms with Crippen molar-refractivity contribution < 1.29 is 0 Å². The summed E-state index contributed by atoms with van der Waals surface area (Å²) in [5, 5.41) is 2.56. The van der Waals surface area contributed by atoms with Gasteiger partial charge in [-0.25, -0.2) is 0 Å². The summed E-state index contributed by atoms with van der Waals surface area (Å²) in [7, 11) is 0. The first kappa shape index (κ1) is 14.9. The molecule has 0 heterocycles. The summed E-state index contributed by atoms with van der Waals surface area (Å²) in [6.07, 6.45) is 7.76. The van der Waals surface area contributed by atoms with E-state index in [-0.39, 0.29) is 11.0 Å². The average Bonchev–Trinajstić information content (AvgIpc) is 2.50. The summed E-state index contributed by atoms with van der Waals surface area (Å²) in [6, 6.07) is 15.1. The van der Waals surface area contributed by atoms with Gasteiger partial charge in [0, 0.05) is 11.2 Å². The third-order valence-electron chi connectivity index (χ3n) is 4.97. The Bertz CT molecular complexity index is 755. The van der Waals surface area contributed by atoms with E-state index < -0.39 is 0 Å². The smallest absolute Gasteiger partial charge is 0.0433 e. The van der Waals surface area contributed by atoms with Crippen molar-refractivity contribution in [3.8, 4) is 0 Å². The lowest BCUT2D eigenvalue weighted by Gasteiger charge is -2.43. The van der Waals surface area contributed by atoms with Crippen molar-refractivity contribution in [2.24, 2.45) is 16.9 Å². The molecule has 4 N–H and O–H groups in total. The highest BCUT2D eigenvalue weighted by Crippen LogP contribution is 2.38. The van der Waals surface area contributed by atoms with Crippen molar-refractivity contribution in [3.05, 3.63) is 72.0 Å². The molecule has 1 atom stereocenters. The molecule has 0 radical (unpaired) electrons. The quantitative estimate of drug-likeness (QED) is 0.901. The van der Waals surface area contributed by atoms with Crippen LogP contribution in [0.3, 0.4) is 0 Å². The van der Waals surface area contributed by atoms with Crippen molar-refractivity contribution in [1.82, 2.24) is 0 Å². The zero-order valence-electron chi connectivity index (χ0n) is 13.3. The zero-order valence-corrected chi connectivity index (χ0v) is 13.3. The Labute approximate surface area is 132 Å². The predicted molar refractivity (Wildman–Crippen MR) is 94.4 cm³/mol. The van der Waals surface area contributed by atoms with Crippen LogP contribution in [-0.2, 0) is 6.42 Å². The molecule has 0 aromatic heterocycles. The second-order valence-electron chi connectivity index (χ2n) is 7.02. The Morgan fingerprint density at radius 3 is 2.50 bits per heavy atom. The first-order chi connectivity index (χ1) is 10.4. The van der Waals surface area contributed by atoms with E-state index in [9.17, 15) is 0 Å². The lowest BCUT2D eigenvalue weighted by atomic mass is 9.66. The minimum atomic E-state index is -0.360. The van der Waals surface area contributed by atoms with Gasteiger partial charge in [0.25, 0.3) is 0 Å². The van der Waals surface area contributed by atoms with Crippen LogP contribution < -0.4 is 11.5 Å². The average molecular weight is 292 g/mol. The summed E-state index contributed by atoms with van der Waals surface area (Å²) < 4.78 is 0. The number of hydrogen-bond donors (Lipinski definition) is 2. The minimum Gasteiger partial charge on any atom is -0.399 e. The van der Waals surface area contributed by atoms with E-state index in [1.165, 1.54) is 16.3 Å². The van der Waals surface area contributed by atoms with E-state index in [2.05, 4.69) is 62.4 Å². The molecule has 2 aromatic rings. The van der Waals surface area contributed by atoms with Gasteiger partial charge in [0.15, 0.2) is 0 Å². The van der Waals surface area contributed by atoms with E-state index in [1.807, 2.05) is 12.2 Å². The lowest BCUT2D eigenvalue weighted by molar-refractivity contribution is 0.211. The molecule has 0 spiro atoms. The molecular formula is C20H24N2. The summed E-state index contributed by atoms with van der Waals surface area (Å²) in [5.41, 5.74) is 14.2. The second kappa shape index (κ2) is 5.29. The molecule has 0 fully saturated rings. The number of nitrogens with two attached hydrogens (primary N) is 2.